The average molecular weight is 336 g/mol. The number of aryl methyl sites for hydroxylation is 1. The lowest BCUT2D eigenvalue weighted by atomic mass is 9.88. The van der Waals surface area contributed by atoms with Gasteiger partial charge < -0.3 is 10.6 Å². The lowest BCUT2D eigenvalue weighted by Gasteiger charge is -2.20. The Morgan fingerprint density at radius 3 is 2.08 bits per heavy atom. The summed E-state index contributed by atoms with van der Waals surface area (Å²) >= 11 is 0. The molecule has 1 aliphatic carbocycles. The van der Waals surface area contributed by atoms with Gasteiger partial charge in [0.15, 0.2) is 0 Å². The van der Waals surface area contributed by atoms with Crippen LogP contribution in [0.25, 0.3) is 0 Å². The Kier molecular flexibility index (Phi) is 5.49. The van der Waals surface area contributed by atoms with Crippen molar-refractivity contribution in [3.8, 4) is 0 Å². The lowest BCUT2D eigenvalue weighted by molar-refractivity contribution is -0.120. The van der Waals surface area contributed by atoms with Gasteiger partial charge in [0.2, 0.25) is 5.91 Å². The Morgan fingerprint density at radius 1 is 0.840 bits per heavy atom. The first-order chi connectivity index (χ1) is 12.1. The van der Waals surface area contributed by atoms with E-state index in [-0.39, 0.29) is 17.7 Å². The van der Waals surface area contributed by atoms with Gasteiger partial charge in [-0.3, -0.25) is 9.59 Å². The Morgan fingerprint density at radius 2 is 1.44 bits per heavy atom. The largest absolute Gasteiger partial charge is 0.326 e. The van der Waals surface area contributed by atoms with Gasteiger partial charge in [-0.15, -0.1) is 0 Å². The third-order valence-corrected chi connectivity index (χ3v) is 4.78. The van der Waals surface area contributed by atoms with Gasteiger partial charge >= 0.3 is 0 Å². The molecular weight excluding hydrogens is 312 g/mol. The van der Waals surface area contributed by atoms with Crippen LogP contribution >= 0.6 is 0 Å². The van der Waals surface area contributed by atoms with E-state index >= 15 is 0 Å². The number of anilines is 2. The summed E-state index contributed by atoms with van der Waals surface area (Å²) in [4.78, 5) is 24.6. The number of benzene rings is 2. The predicted octanol–water partition coefficient (Wildman–Crippen LogP) is 4.77. The Labute approximate surface area is 148 Å². The second-order valence-corrected chi connectivity index (χ2v) is 6.67. The summed E-state index contributed by atoms with van der Waals surface area (Å²) in [6.07, 6.45) is 5.48. The predicted molar refractivity (Wildman–Crippen MR) is 101 cm³/mol. The zero-order chi connectivity index (χ0) is 17.6. The van der Waals surface area contributed by atoms with Crippen LogP contribution in [0.4, 0.5) is 11.4 Å². The number of nitrogens with one attached hydrogen (secondary N) is 2. The molecule has 0 spiro atoms. The van der Waals surface area contributed by atoms with Gasteiger partial charge in [-0.1, -0.05) is 37.5 Å². The molecule has 3 rings (SSSR count). The van der Waals surface area contributed by atoms with E-state index in [4.69, 9.17) is 0 Å². The van der Waals surface area contributed by atoms with Crippen molar-refractivity contribution in [1.82, 2.24) is 0 Å². The molecule has 0 aromatic heterocycles. The van der Waals surface area contributed by atoms with E-state index in [9.17, 15) is 9.59 Å². The smallest absolute Gasteiger partial charge is 0.255 e. The van der Waals surface area contributed by atoms with Crippen LogP contribution in [0.15, 0.2) is 48.5 Å². The van der Waals surface area contributed by atoms with Crippen LogP contribution in [-0.2, 0) is 4.79 Å². The molecule has 0 aliphatic heterocycles. The zero-order valence-corrected chi connectivity index (χ0v) is 14.5. The molecule has 1 aliphatic rings. The van der Waals surface area contributed by atoms with Crippen LogP contribution in [0.3, 0.4) is 0 Å². The highest BCUT2D eigenvalue weighted by Crippen LogP contribution is 2.25. The van der Waals surface area contributed by atoms with Crippen molar-refractivity contribution in [2.24, 2.45) is 5.92 Å². The minimum atomic E-state index is -0.128. The van der Waals surface area contributed by atoms with E-state index in [1.807, 2.05) is 55.5 Å². The Balaban J connectivity index is 1.59. The molecule has 1 saturated carbocycles. The maximum Gasteiger partial charge on any atom is 0.255 e. The third kappa shape index (κ3) is 4.47. The van der Waals surface area contributed by atoms with Crippen molar-refractivity contribution in [3.63, 3.8) is 0 Å². The Bertz CT molecular complexity index is 747. The number of amides is 2. The SMILES string of the molecule is Cc1ccccc1C(=O)Nc1ccc(NC(=O)C2CCCCC2)cc1. The monoisotopic (exact) mass is 336 g/mol. The lowest BCUT2D eigenvalue weighted by Crippen LogP contribution is -2.24. The summed E-state index contributed by atoms with van der Waals surface area (Å²) in [6.45, 7) is 1.92. The molecule has 2 aromatic rings. The van der Waals surface area contributed by atoms with Gasteiger partial charge in [-0.05, 0) is 55.7 Å². The molecule has 0 unspecified atom stereocenters. The standard InChI is InChI=1S/C21H24N2O2/c1-15-7-5-6-10-19(15)21(25)23-18-13-11-17(12-14-18)22-20(24)16-8-3-2-4-9-16/h5-7,10-14,16H,2-4,8-9H2,1H3,(H,22,24)(H,23,25). The van der Waals surface area contributed by atoms with Gasteiger partial charge in [-0.25, -0.2) is 0 Å². The first-order valence-corrected chi connectivity index (χ1v) is 8.91. The first kappa shape index (κ1) is 17.2. The summed E-state index contributed by atoms with van der Waals surface area (Å²) in [6, 6.07) is 14.8. The van der Waals surface area contributed by atoms with Crippen LogP contribution in [0.2, 0.25) is 0 Å². The van der Waals surface area contributed by atoms with Crippen LogP contribution in [0.1, 0.15) is 48.0 Å². The van der Waals surface area contributed by atoms with Gasteiger partial charge in [0.25, 0.3) is 5.91 Å². The van der Waals surface area contributed by atoms with Gasteiger partial charge in [-0.2, -0.15) is 0 Å². The van der Waals surface area contributed by atoms with Gasteiger partial charge in [0.1, 0.15) is 0 Å². The molecule has 4 heteroatoms. The van der Waals surface area contributed by atoms with Gasteiger partial charge in [0.05, 0.1) is 0 Å². The maximum atomic E-state index is 12.3. The normalized spacial score (nSPS) is 14.8. The van der Waals surface area contributed by atoms with Crippen molar-refractivity contribution in [1.29, 1.82) is 0 Å². The topological polar surface area (TPSA) is 58.2 Å². The first-order valence-electron chi connectivity index (χ1n) is 8.91. The summed E-state index contributed by atoms with van der Waals surface area (Å²) in [5, 5.41) is 5.87. The van der Waals surface area contributed by atoms with Crippen LogP contribution < -0.4 is 10.6 Å². The minimum Gasteiger partial charge on any atom is -0.326 e. The molecule has 0 bridgehead atoms. The number of rotatable bonds is 4. The molecule has 0 saturated heterocycles. The average Bonchev–Trinajstić information content (AvgIpc) is 2.64. The van der Waals surface area contributed by atoms with Crippen LogP contribution in [0, 0.1) is 12.8 Å². The summed E-state index contributed by atoms with van der Waals surface area (Å²) < 4.78 is 0. The quantitative estimate of drug-likeness (QED) is 0.845. The number of carbonyl (C=O) groups excluding carboxylic acids is 2. The van der Waals surface area contributed by atoms with E-state index in [1.165, 1.54) is 6.42 Å². The van der Waals surface area contributed by atoms with Crippen molar-refractivity contribution in [2.75, 3.05) is 10.6 Å². The van der Waals surface area contributed by atoms with Crippen molar-refractivity contribution in [2.45, 2.75) is 39.0 Å². The van der Waals surface area contributed by atoms with Crippen molar-refractivity contribution in [3.05, 3.63) is 59.7 Å². The molecule has 2 aromatic carbocycles. The van der Waals surface area contributed by atoms with Crippen LogP contribution in [-0.4, -0.2) is 11.8 Å². The fourth-order valence-electron chi connectivity index (χ4n) is 3.27. The molecule has 0 atom stereocenters. The van der Waals surface area contributed by atoms with Crippen molar-refractivity contribution < 1.29 is 9.59 Å². The second kappa shape index (κ2) is 7.97. The van der Waals surface area contributed by atoms with Crippen molar-refractivity contribution >= 4 is 23.2 Å². The number of hydrogen-bond acceptors (Lipinski definition) is 2. The number of carbonyl (C=O) groups is 2. The van der Waals surface area contributed by atoms with E-state index in [1.54, 1.807) is 0 Å². The molecule has 4 nitrogen and oxygen atoms in total. The fraction of sp³-hybridized carbons (Fsp3) is 0.333. The zero-order valence-electron chi connectivity index (χ0n) is 14.5. The Hall–Kier alpha value is -2.62. The summed E-state index contributed by atoms with van der Waals surface area (Å²) in [7, 11) is 0. The summed E-state index contributed by atoms with van der Waals surface area (Å²) in [5.74, 6) is 0.114. The van der Waals surface area contributed by atoms with E-state index in [2.05, 4.69) is 10.6 Å². The second-order valence-electron chi connectivity index (χ2n) is 6.67. The molecule has 2 amide bonds. The van der Waals surface area contributed by atoms with E-state index in [0.717, 1.165) is 36.9 Å². The van der Waals surface area contributed by atoms with Gasteiger partial charge in [0, 0.05) is 22.9 Å². The molecule has 0 radical (unpaired) electrons. The molecule has 2 N–H and O–H groups in total. The highest BCUT2D eigenvalue weighted by Gasteiger charge is 2.20. The molecule has 1 fully saturated rings. The van der Waals surface area contributed by atoms with Crippen LogP contribution in [0.5, 0.6) is 0 Å². The highest BCUT2D eigenvalue weighted by atomic mass is 16.2. The van der Waals surface area contributed by atoms with E-state index < -0.39 is 0 Å². The third-order valence-electron chi connectivity index (χ3n) is 4.78. The molecule has 0 heterocycles. The summed E-state index contributed by atoms with van der Waals surface area (Å²) in [5.41, 5.74) is 3.09. The number of hydrogen-bond donors (Lipinski definition) is 2. The highest BCUT2D eigenvalue weighted by molar-refractivity contribution is 6.05. The molecule has 25 heavy (non-hydrogen) atoms. The fourth-order valence-corrected chi connectivity index (χ4v) is 3.27. The molecule has 130 valence electrons. The van der Waals surface area contributed by atoms with E-state index in [0.29, 0.717) is 11.3 Å². The minimum absolute atomic E-state index is 0.108. The molecular formula is C21H24N2O2. The maximum absolute atomic E-state index is 12.3.